The molecule has 3 rings (SSSR count). The topological polar surface area (TPSA) is 67.7 Å². The zero-order chi connectivity index (χ0) is 20.1. The second kappa shape index (κ2) is 9.20. The van der Waals surface area contributed by atoms with E-state index in [9.17, 15) is 9.59 Å². The van der Waals surface area contributed by atoms with Gasteiger partial charge in [0, 0.05) is 62.5 Å². The highest BCUT2D eigenvalue weighted by atomic mass is 16.2. The van der Waals surface area contributed by atoms with Gasteiger partial charge in [-0.1, -0.05) is 0 Å². The molecule has 0 aliphatic carbocycles. The molecule has 1 aromatic carbocycles. The number of nitrogens with zero attached hydrogens (tertiary/aromatic N) is 4. The Hall–Kier alpha value is -2.39. The first kappa shape index (κ1) is 20.3. The summed E-state index contributed by atoms with van der Waals surface area (Å²) in [5, 5.41) is 8.65. The molecule has 2 saturated heterocycles. The number of benzene rings is 1. The van der Waals surface area contributed by atoms with Crippen LogP contribution < -0.4 is 4.90 Å². The van der Waals surface area contributed by atoms with Crippen molar-refractivity contribution in [2.75, 3.05) is 44.2 Å². The zero-order valence-corrected chi connectivity index (χ0v) is 16.9. The molecule has 0 bridgehead atoms. The summed E-state index contributed by atoms with van der Waals surface area (Å²) in [5.74, 6) is 0.301. The molecule has 1 amide bonds. The summed E-state index contributed by atoms with van der Waals surface area (Å²) in [6.45, 7) is 9.75. The van der Waals surface area contributed by atoms with Crippen LogP contribution in [0.1, 0.15) is 43.5 Å². The van der Waals surface area contributed by atoms with Crippen LogP contribution in [0.2, 0.25) is 0 Å². The molecule has 0 aromatic heterocycles. The van der Waals surface area contributed by atoms with Crippen molar-refractivity contribution in [2.45, 2.75) is 39.2 Å². The molecule has 0 spiro atoms. The molecule has 150 valence electrons. The van der Waals surface area contributed by atoms with Gasteiger partial charge in [0.2, 0.25) is 5.91 Å². The average molecular weight is 383 g/mol. The van der Waals surface area contributed by atoms with E-state index in [0.717, 1.165) is 57.8 Å². The Morgan fingerprint density at radius 1 is 1.04 bits per heavy atom. The molecule has 0 saturated carbocycles. The predicted octanol–water partition coefficient (Wildman–Crippen LogP) is 2.55. The number of rotatable bonds is 5. The molecule has 2 heterocycles. The van der Waals surface area contributed by atoms with Crippen LogP contribution in [-0.4, -0.2) is 66.8 Å². The molecule has 2 fully saturated rings. The van der Waals surface area contributed by atoms with Gasteiger partial charge in [-0.3, -0.25) is 14.5 Å². The summed E-state index contributed by atoms with van der Waals surface area (Å²) in [6.07, 6.45) is 1.66. The summed E-state index contributed by atoms with van der Waals surface area (Å²) in [7, 11) is 0. The van der Waals surface area contributed by atoms with Gasteiger partial charge in [-0.25, -0.2) is 0 Å². The van der Waals surface area contributed by atoms with Crippen LogP contribution in [-0.2, 0) is 4.79 Å². The summed E-state index contributed by atoms with van der Waals surface area (Å²) in [6, 6.07) is 9.91. The van der Waals surface area contributed by atoms with Crippen molar-refractivity contribution in [2.24, 2.45) is 5.92 Å². The van der Waals surface area contributed by atoms with Crippen LogP contribution in [0, 0.1) is 17.2 Å². The third-order valence-corrected chi connectivity index (χ3v) is 5.99. The third kappa shape index (κ3) is 4.71. The minimum absolute atomic E-state index is 0.0850. The lowest BCUT2D eigenvalue weighted by atomic mass is 9.94. The van der Waals surface area contributed by atoms with Crippen molar-refractivity contribution in [3.05, 3.63) is 29.8 Å². The van der Waals surface area contributed by atoms with Crippen molar-refractivity contribution in [3.63, 3.8) is 0 Å². The largest absolute Gasteiger partial charge is 0.371 e. The molecule has 28 heavy (non-hydrogen) atoms. The predicted molar refractivity (Wildman–Crippen MR) is 109 cm³/mol. The van der Waals surface area contributed by atoms with E-state index in [0.29, 0.717) is 17.5 Å². The molecule has 1 aromatic rings. The van der Waals surface area contributed by atoms with Crippen LogP contribution in [0.4, 0.5) is 5.69 Å². The van der Waals surface area contributed by atoms with Gasteiger partial charge in [0.1, 0.15) is 0 Å². The maximum Gasteiger partial charge on any atom is 0.225 e. The quantitative estimate of drug-likeness (QED) is 0.732. The molecule has 6 heteroatoms. The lowest BCUT2D eigenvalue weighted by Gasteiger charge is -2.40. The number of piperidine rings is 1. The maximum absolute atomic E-state index is 12.9. The number of nitriles is 1. The lowest BCUT2D eigenvalue weighted by Crippen LogP contribution is -2.53. The molecule has 2 aliphatic heterocycles. The van der Waals surface area contributed by atoms with Gasteiger partial charge in [-0.05, 0) is 51.0 Å². The van der Waals surface area contributed by atoms with Crippen molar-refractivity contribution >= 4 is 17.4 Å². The highest BCUT2D eigenvalue weighted by molar-refractivity contribution is 5.97. The molecule has 0 N–H and O–H groups in total. The second-order valence-corrected chi connectivity index (χ2v) is 8.02. The minimum atomic E-state index is -0.143. The van der Waals surface area contributed by atoms with E-state index in [2.05, 4.69) is 28.5 Å². The highest BCUT2D eigenvalue weighted by Crippen LogP contribution is 2.25. The van der Waals surface area contributed by atoms with Crippen LogP contribution >= 0.6 is 0 Å². The van der Waals surface area contributed by atoms with E-state index in [1.807, 2.05) is 18.2 Å². The van der Waals surface area contributed by atoms with E-state index >= 15 is 0 Å². The van der Waals surface area contributed by atoms with E-state index < -0.39 is 0 Å². The SMILES string of the molecule is CC(C)N1CCN(C(=O)C2CCN(c3ccc(C(=O)CC#N)cc3)CC2)CC1. The Balaban J connectivity index is 1.50. The number of ketones is 1. The molecule has 0 radical (unpaired) electrons. The van der Waals surface area contributed by atoms with Gasteiger partial charge in [-0.2, -0.15) is 5.26 Å². The Kier molecular flexibility index (Phi) is 6.69. The normalized spacial score (nSPS) is 18.9. The number of carbonyl (C=O) groups is 2. The Bertz CT molecular complexity index is 722. The number of piperazine rings is 1. The van der Waals surface area contributed by atoms with E-state index in [-0.39, 0.29) is 18.1 Å². The molecule has 2 aliphatic rings. The van der Waals surface area contributed by atoms with Crippen molar-refractivity contribution in [1.29, 1.82) is 5.26 Å². The van der Waals surface area contributed by atoms with E-state index in [1.165, 1.54) is 0 Å². The fourth-order valence-corrected chi connectivity index (χ4v) is 4.13. The second-order valence-electron chi connectivity index (χ2n) is 8.02. The fraction of sp³-hybridized carbons (Fsp3) is 0.591. The lowest BCUT2D eigenvalue weighted by molar-refractivity contribution is -0.138. The van der Waals surface area contributed by atoms with Crippen LogP contribution in [0.25, 0.3) is 0 Å². The number of carbonyl (C=O) groups excluding carboxylic acids is 2. The van der Waals surface area contributed by atoms with Crippen LogP contribution in [0.15, 0.2) is 24.3 Å². The average Bonchev–Trinajstić information content (AvgIpc) is 2.74. The van der Waals surface area contributed by atoms with Gasteiger partial charge < -0.3 is 9.80 Å². The minimum Gasteiger partial charge on any atom is -0.371 e. The standard InChI is InChI=1S/C22H30N4O2/c1-17(2)24-13-15-26(16-14-24)22(28)19-8-11-25(12-9-19)20-5-3-18(4-6-20)21(27)7-10-23/h3-6,17,19H,7-9,11-16H2,1-2H3. The van der Waals surface area contributed by atoms with Crippen molar-refractivity contribution in [1.82, 2.24) is 9.80 Å². The monoisotopic (exact) mass is 382 g/mol. The number of hydrogen-bond acceptors (Lipinski definition) is 5. The van der Waals surface area contributed by atoms with Crippen molar-refractivity contribution in [3.8, 4) is 6.07 Å². The Labute approximate surface area is 167 Å². The first-order chi connectivity index (χ1) is 13.5. The van der Waals surface area contributed by atoms with Gasteiger partial charge in [0.25, 0.3) is 0 Å². The first-order valence-electron chi connectivity index (χ1n) is 10.3. The smallest absolute Gasteiger partial charge is 0.225 e. The number of hydrogen-bond donors (Lipinski definition) is 0. The fourth-order valence-electron chi connectivity index (χ4n) is 4.13. The summed E-state index contributed by atoms with van der Waals surface area (Å²) < 4.78 is 0. The Morgan fingerprint density at radius 3 is 2.18 bits per heavy atom. The third-order valence-electron chi connectivity index (χ3n) is 5.99. The number of Topliss-reactive ketones (excluding diaryl/α,β-unsaturated/α-hetero) is 1. The number of anilines is 1. The van der Waals surface area contributed by atoms with Gasteiger partial charge in [0.05, 0.1) is 12.5 Å². The first-order valence-corrected chi connectivity index (χ1v) is 10.3. The van der Waals surface area contributed by atoms with Gasteiger partial charge in [0.15, 0.2) is 5.78 Å². The summed E-state index contributed by atoms with van der Waals surface area (Å²) >= 11 is 0. The van der Waals surface area contributed by atoms with E-state index in [4.69, 9.17) is 5.26 Å². The summed E-state index contributed by atoms with van der Waals surface area (Å²) in [5.41, 5.74) is 1.65. The van der Waals surface area contributed by atoms with Crippen LogP contribution in [0.3, 0.4) is 0 Å². The molecule has 0 atom stereocenters. The summed E-state index contributed by atoms with van der Waals surface area (Å²) in [4.78, 5) is 31.4. The van der Waals surface area contributed by atoms with E-state index in [1.54, 1.807) is 12.1 Å². The molecule has 6 nitrogen and oxygen atoms in total. The van der Waals surface area contributed by atoms with Gasteiger partial charge >= 0.3 is 0 Å². The molecular formula is C22H30N4O2. The van der Waals surface area contributed by atoms with Gasteiger partial charge in [-0.15, -0.1) is 0 Å². The molecular weight excluding hydrogens is 352 g/mol. The maximum atomic E-state index is 12.9. The Morgan fingerprint density at radius 2 is 1.64 bits per heavy atom. The highest BCUT2D eigenvalue weighted by Gasteiger charge is 2.30. The molecule has 0 unspecified atom stereocenters. The van der Waals surface area contributed by atoms with Crippen molar-refractivity contribution < 1.29 is 9.59 Å². The van der Waals surface area contributed by atoms with Crippen LogP contribution in [0.5, 0.6) is 0 Å². The zero-order valence-electron chi connectivity index (χ0n) is 16.9. The number of amides is 1.